The van der Waals surface area contributed by atoms with Gasteiger partial charge in [-0.3, -0.25) is 4.79 Å². The maximum absolute atomic E-state index is 12.0. The first-order valence-corrected chi connectivity index (χ1v) is 8.65. The van der Waals surface area contributed by atoms with E-state index in [1.807, 2.05) is 54.6 Å². The van der Waals surface area contributed by atoms with Crippen molar-refractivity contribution in [2.24, 2.45) is 0 Å². The van der Waals surface area contributed by atoms with Gasteiger partial charge in [-0.05, 0) is 18.2 Å². The summed E-state index contributed by atoms with van der Waals surface area (Å²) in [5, 5.41) is 11.2. The molecular weight excluding hydrogens is 338 g/mol. The Hall–Kier alpha value is -2.80. The third kappa shape index (κ3) is 4.60. The van der Waals surface area contributed by atoms with E-state index in [9.17, 15) is 4.79 Å². The second-order valence-electron chi connectivity index (χ2n) is 5.12. The summed E-state index contributed by atoms with van der Waals surface area (Å²) in [4.78, 5) is 12.0. The number of benzene rings is 2. The average molecular weight is 355 g/mol. The molecule has 6 nitrogen and oxygen atoms in total. The zero-order valence-corrected chi connectivity index (χ0v) is 14.5. The summed E-state index contributed by atoms with van der Waals surface area (Å²) in [5.41, 5.74) is 1.77. The summed E-state index contributed by atoms with van der Waals surface area (Å²) in [7, 11) is 1.61. The van der Waals surface area contributed by atoms with Crippen LogP contribution in [0, 0.1) is 0 Å². The van der Waals surface area contributed by atoms with Crippen molar-refractivity contribution < 1.29 is 13.9 Å². The van der Waals surface area contributed by atoms with Crippen LogP contribution in [-0.4, -0.2) is 29.0 Å². The molecule has 1 aromatic heterocycles. The van der Waals surface area contributed by atoms with Crippen LogP contribution in [-0.2, 0) is 11.3 Å². The third-order valence-corrected chi connectivity index (χ3v) is 4.24. The minimum Gasteiger partial charge on any atom is -0.496 e. The third-order valence-electron chi connectivity index (χ3n) is 3.42. The number of rotatable bonds is 7. The molecule has 0 aliphatic carbocycles. The molecule has 128 valence electrons. The summed E-state index contributed by atoms with van der Waals surface area (Å²) in [6.45, 7) is 0.405. The lowest BCUT2D eigenvalue weighted by atomic mass is 10.2. The van der Waals surface area contributed by atoms with Crippen molar-refractivity contribution in [3.05, 3.63) is 60.2 Å². The number of nitrogens with one attached hydrogen (secondary N) is 1. The summed E-state index contributed by atoms with van der Waals surface area (Å²) in [6, 6.07) is 17.1. The normalized spacial score (nSPS) is 10.4. The fraction of sp³-hybridized carbons (Fsp3) is 0.167. The smallest absolute Gasteiger partial charge is 0.277 e. The Morgan fingerprint density at radius 2 is 1.88 bits per heavy atom. The molecule has 0 fully saturated rings. The number of para-hydroxylation sites is 1. The van der Waals surface area contributed by atoms with E-state index in [1.165, 1.54) is 11.8 Å². The Labute approximate surface area is 149 Å². The molecule has 25 heavy (non-hydrogen) atoms. The Bertz CT molecular complexity index is 836. The van der Waals surface area contributed by atoms with Gasteiger partial charge < -0.3 is 14.5 Å². The van der Waals surface area contributed by atoms with Gasteiger partial charge in [-0.2, -0.15) is 0 Å². The van der Waals surface area contributed by atoms with Gasteiger partial charge >= 0.3 is 0 Å². The second-order valence-corrected chi connectivity index (χ2v) is 6.04. The number of aromatic nitrogens is 2. The minimum absolute atomic E-state index is 0.115. The number of nitrogens with zero attached hydrogens (tertiary/aromatic N) is 2. The van der Waals surface area contributed by atoms with Gasteiger partial charge in [0.05, 0.1) is 12.9 Å². The van der Waals surface area contributed by atoms with Crippen LogP contribution in [0.4, 0.5) is 0 Å². The minimum atomic E-state index is -0.115. The predicted octanol–water partition coefficient (Wildman–Crippen LogP) is 3.15. The first-order valence-electron chi connectivity index (χ1n) is 7.66. The van der Waals surface area contributed by atoms with Crippen LogP contribution in [0.15, 0.2) is 64.2 Å². The van der Waals surface area contributed by atoms with Crippen LogP contribution in [0.25, 0.3) is 11.5 Å². The van der Waals surface area contributed by atoms with Crippen molar-refractivity contribution in [2.75, 3.05) is 12.9 Å². The molecule has 0 radical (unpaired) electrons. The maximum Gasteiger partial charge on any atom is 0.277 e. The number of hydrogen-bond donors (Lipinski definition) is 1. The second kappa shape index (κ2) is 8.34. The molecule has 0 aliphatic heterocycles. The highest BCUT2D eigenvalue weighted by atomic mass is 32.2. The van der Waals surface area contributed by atoms with Gasteiger partial charge in [-0.1, -0.05) is 48.2 Å². The van der Waals surface area contributed by atoms with Crippen LogP contribution in [0.2, 0.25) is 0 Å². The molecule has 0 atom stereocenters. The Balaban J connectivity index is 1.50. The van der Waals surface area contributed by atoms with E-state index < -0.39 is 0 Å². The van der Waals surface area contributed by atoms with E-state index in [2.05, 4.69) is 15.5 Å². The predicted molar refractivity (Wildman–Crippen MR) is 95.3 cm³/mol. The van der Waals surface area contributed by atoms with E-state index in [0.717, 1.165) is 16.9 Å². The summed E-state index contributed by atoms with van der Waals surface area (Å²) >= 11 is 1.21. The Morgan fingerprint density at radius 3 is 2.68 bits per heavy atom. The summed E-state index contributed by atoms with van der Waals surface area (Å²) in [6.07, 6.45) is 0. The molecule has 0 unspecified atom stereocenters. The molecule has 7 heteroatoms. The SMILES string of the molecule is COc1ccccc1CNC(=O)CSc1nnc(-c2ccccc2)o1. The highest BCUT2D eigenvalue weighted by molar-refractivity contribution is 7.99. The lowest BCUT2D eigenvalue weighted by Crippen LogP contribution is -2.24. The van der Waals surface area contributed by atoms with Gasteiger partial charge in [0, 0.05) is 17.7 Å². The molecule has 0 bridgehead atoms. The van der Waals surface area contributed by atoms with Crippen LogP contribution < -0.4 is 10.1 Å². The van der Waals surface area contributed by atoms with Crippen molar-refractivity contribution in [1.82, 2.24) is 15.5 Å². The number of ether oxygens (including phenoxy) is 1. The van der Waals surface area contributed by atoms with Crippen molar-refractivity contribution >= 4 is 17.7 Å². The van der Waals surface area contributed by atoms with E-state index >= 15 is 0 Å². The quantitative estimate of drug-likeness (QED) is 0.656. The lowest BCUT2D eigenvalue weighted by molar-refractivity contribution is -0.118. The fourth-order valence-corrected chi connectivity index (χ4v) is 2.78. The van der Waals surface area contributed by atoms with Crippen molar-refractivity contribution in [2.45, 2.75) is 11.8 Å². The number of amides is 1. The van der Waals surface area contributed by atoms with E-state index in [0.29, 0.717) is 17.7 Å². The Morgan fingerprint density at radius 1 is 1.12 bits per heavy atom. The van der Waals surface area contributed by atoms with Gasteiger partial charge in [0.1, 0.15) is 5.75 Å². The molecule has 2 aromatic carbocycles. The highest BCUT2D eigenvalue weighted by Crippen LogP contribution is 2.22. The van der Waals surface area contributed by atoms with Gasteiger partial charge in [0.25, 0.3) is 5.22 Å². The zero-order valence-electron chi connectivity index (χ0n) is 13.6. The van der Waals surface area contributed by atoms with E-state index in [-0.39, 0.29) is 11.7 Å². The van der Waals surface area contributed by atoms with Gasteiger partial charge in [0.15, 0.2) is 0 Å². The fourth-order valence-electron chi connectivity index (χ4n) is 2.19. The number of hydrogen-bond acceptors (Lipinski definition) is 6. The van der Waals surface area contributed by atoms with Gasteiger partial charge in [-0.25, -0.2) is 0 Å². The number of carbonyl (C=O) groups excluding carboxylic acids is 1. The molecule has 0 aliphatic rings. The van der Waals surface area contributed by atoms with Gasteiger partial charge in [-0.15, -0.1) is 10.2 Å². The summed E-state index contributed by atoms with van der Waals surface area (Å²) in [5.74, 6) is 1.28. The molecule has 0 saturated carbocycles. The van der Waals surface area contributed by atoms with Crippen molar-refractivity contribution in [1.29, 1.82) is 0 Å². The van der Waals surface area contributed by atoms with Crippen LogP contribution in [0.5, 0.6) is 5.75 Å². The molecule has 0 saturated heterocycles. The molecule has 1 N–H and O–H groups in total. The van der Waals surface area contributed by atoms with Crippen LogP contribution in [0.3, 0.4) is 0 Å². The maximum atomic E-state index is 12.0. The molecule has 3 rings (SSSR count). The Kier molecular flexibility index (Phi) is 5.69. The van der Waals surface area contributed by atoms with Crippen LogP contribution in [0.1, 0.15) is 5.56 Å². The molecule has 3 aromatic rings. The monoisotopic (exact) mass is 355 g/mol. The largest absolute Gasteiger partial charge is 0.496 e. The molecule has 1 amide bonds. The number of thioether (sulfide) groups is 1. The number of methoxy groups -OCH3 is 1. The van der Waals surface area contributed by atoms with Crippen molar-refractivity contribution in [3.63, 3.8) is 0 Å². The average Bonchev–Trinajstić information content (AvgIpc) is 3.14. The van der Waals surface area contributed by atoms with E-state index in [1.54, 1.807) is 7.11 Å². The summed E-state index contributed by atoms with van der Waals surface area (Å²) < 4.78 is 10.8. The topological polar surface area (TPSA) is 77.2 Å². The number of carbonyl (C=O) groups is 1. The lowest BCUT2D eigenvalue weighted by Gasteiger charge is -2.08. The van der Waals surface area contributed by atoms with Crippen molar-refractivity contribution in [3.8, 4) is 17.2 Å². The first kappa shape index (κ1) is 17.0. The van der Waals surface area contributed by atoms with Gasteiger partial charge in [0.2, 0.25) is 11.8 Å². The first-order chi connectivity index (χ1) is 12.3. The molecule has 0 spiro atoms. The van der Waals surface area contributed by atoms with E-state index in [4.69, 9.17) is 9.15 Å². The standard InChI is InChI=1S/C18H17N3O3S/c1-23-15-10-6-5-9-14(15)11-19-16(22)12-25-18-21-20-17(24-18)13-7-3-2-4-8-13/h2-10H,11-12H2,1H3,(H,19,22). The molecule has 1 heterocycles. The van der Waals surface area contributed by atoms with Crippen LogP contribution >= 0.6 is 11.8 Å². The molecular formula is C18H17N3O3S. The zero-order chi connectivity index (χ0) is 17.5. The highest BCUT2D eigenvalue weighted by Gasteiger charge is 2.11.